The number of hydrogen-bond donors (Lipinski definition) is 2. The minimum Gasteiger partial charge on any atom is -0.384 e. The van der Waals surface area contributed by atoms with E-state index in [4.69, 9.17) is 5.73 Å². The molecule has 5 heteroatoms. The van der Waals surface area contributed by atoms with E-state index in [0.717, 1.165) is 0 Å². The first-order chi connectivity index (χ1) is 10.6. The maximum atomic E-state index is 12.6. The summed E-state index contributed by atoms with van der Waals surface area (Å²) >= 11 is 0. The van der Waals surface area contributed by atoms with Crippen LogP contribution in [-0.2, 0) is 7.05 Å². The number of anilines is 2. The highest BCUT2D eigenvalue weighted by atomic mass is 16.2. The normalized spacial score (nSPS) is 10.6. The van der Waals surface area contributed by atoms with Gasteiger partial charge in [-0.2, -0.15) is 0 Å². The number of para-hydroxylation sites is 2. The zero-order valence-electron chi connectivity index (χ0n) is 12.0. The number of nitrogens with one attached hydrogen (secondary N) is 1. The fourth-order valence-corrected chi connectivity index (χ4v) is 2.44. The molecule has 22 heavy (non-hydrogen) atoms. The standard InChI is InChI=1S/C17H15N3O2/c1-20-13-10-6-5-9-12(13)15(21)14(16(20)18)17(22)19-11-7-3-2-4-8-11/h2-10H,18H2,1H3,(H,19,22). The Bertz CT molecular complexity index is 914. The fraction of sp³-hybridized carbons (Fsp3) is 0.0588. The number of pyridine rings is 1. The van der Waals surface area contributed by atoms with Gasteiger partial charge < -0.3 is 15.6 Å². The van der Waals surface area contributed by atoms with Gasteiger partial charge in [0.05, 0.1) is 5.52 Å². The van der Waals surface area contributed by atoms with Crippen LogP contribution in [0.1, 0.15) is 10.4 Å². The summed E-state index contributed by atoms with van der Waals surface area (Å²) in [5.41, 5.74) is 6.92. The Morgan fingerprint density at radius 2 is 1.68 bits per heavy atom. The molecule has 0 atom stereocenters. The quantitative estimate of drug-likeness (QED) is 0.761. The molecule has 0 bridgehead atoms. The van der Waals surface area contributed by atoms with Gasteiger partial charge in [-0.1, -0.05) is 30.3 Å². The van der Waals surface area contributed by atoms with Gasteiger partial charge in [-0.3, -0.25) is 9.59 Å². The Balaban J connectivity index is 2.15. The smallest absolute Gasteiger partial charge is 0.263 e. The molecule has 0 aliphatic rings. The molecule has 1 aromatic heterocycles. The predicted octanol–water partition coefficient (Wildman–Crippen LogP) is 2.37. The van der Waals surface area contributed by atoms with Gasteiger partial charge in [0, 0.05) is 18.1 Å². The van der Waals surface area contributed by atoms with Gasteiger partial charge in [-0.05, 0) is 24.3 Å². The number of aryl methyl sites for hydroxylation is 1. The van der Waals surface area contributed by atoms with E-state index in [1.807, 2.05) is 12.1 Å². The van der Waals surface area contributed by atoms with E-state index in [1.54, 1.807) is 54.1 Å². The van der Waals surface area contributed by atoms with Crippen molar-refractivity contribution in [1.29, 1.82) is 0 Å². The lowest BCUT2D eigenvalue weighted by molar-refractivity contribution is 0.102. The number of amides is 1. The van der Waals surface area contributed by atoms with Crippen LogP contribution in [0, 0.1) is 0 Å². The third-order valence-corrected chi connectivity index (χ3v) is 3.61. The number of rotatable bonds is 2. The third-order valence-electron chi connectivity index (χ3n) is 3.61. The maximum absolute atomic E-state index is 12.6. The first-order valence-corrected chi connectivity index (χ1v) is 6.83. The molecule has 0 aliphatic carbocycles. The van der Waals surface area contributed by atoms with Crippen LogP contribution in [0.25, 0.3) is 10.9 Å². The van der Waals surface area contributed by atoms with Crippen molar-refractivity contribution in [2.24, 2.45) is 7.05 Å². The largest absolute Gasteiger partial charge is 0.384 e. The molecule has 0 aliphatic heterocycles. The van der Waals surface area contributed by atoms with Crippen molar-refractivity contribution in [2.75, 3.05) is 11.1 Å². The van der Waals surface area contributed by atoms with Gasteiger partial charge in [0.2, 0.25) is 5.43 Å². The zero-order valence-corrected chi connectivity index (χ0v) is 12.0. The first kappa shape index (κ1) is 13.9. The third kappa shape index (κ3) is 2.22. The second-order valence-electron chi connectivity index (χ2n) is 4.99. The van der Waals surface area contributed by atoms with E-state index in [1.165, 1.54) is 0 Å². The fourth-order valence-electron chi connectivity index (χ4n) is 2.44. The van der Waals surface area contributed by atoms with E-state index >= 15 is 0 Å². The topological polar surface area (TPSA) is 77.1 Å². The van der Waals surface area contributed by atoms with Crippen LogP contribution in [0.5, 0.6) is 0 Å². The molecule has 0 radical (unpaired) electrons. The molecule has 0 saturated carbocycles. The van der Waals surface area contributed by atoms with Crippen molar-refractivity contribution in [3.8, 4) is 0 Å². The molecule has 3 aromatic rings. The Morgan fingerprint density at radius 1 is 1.05 bits per heavy atom. The van der Waals surface area contributed by atoms with E-state index in [9.17, 15) is 9.59 Å². The summed E-state index contributed by atoms with van der Waals surface area (Å²) in [6, 6.07) is 16.0. The Kier molecular flexibility index (Phi) is 3.39. The lowest BCUT2D eigenvalue weighted by atomic mass is 10.1. The van der Waals surface area contributed by atoms with Crippen LogP contribution in [-0.4, -0.2) is 10.5 Å². The number of nitrogens with zero attached hydrogens (tertiary/aromatic N) is 1. The van der Waals surface area contributed by atoms with Crippen molar-refractivity contribution in [3.05, 3.63) is 70.4 Å². The summed E-state index contributed by atoms with van der Waals surface area (Å²) in [5, 5.41) is 3.17. The lowest BCUT2D eigenvalue weighted by Crippen LogP contribution is -2.26. The molecule has 3 N–H and O–H groups in total. The molecular formula is C17H15N3O2. The molecule has 1 amide bonds. The van der Waals surface area contributed by atoms with Crippen LogP contribution in [0.3, 0.4) is 0 Å². The monoisotopic (exact) mass is 293 g/mol. The lowest BCUT2D eigenvalue weighted by Gasteiger charge is -2.13. The zero-order chi connectivity index (χ0) is 15.7. The van der Waals surface area contributed by atoms with E-state index in [0.29, 0.717) is 16.6 Å². The number of hydrogen-bond acceptors (Lipinski definition) is 3. The average molecular weight is 293 g/mol. The second kappa shape index (κ2) is 5.37. The van der Waals surface area contributed by atoms with Gasteiger partial charge in [0.15, 0.2) is 0 Å². The summed E-state index contributed by atoms with van der Waals surface area (Å²) in [6.45, 7) is 0. The van der Waals surface area contributed by atoms with Crippen molar-refractivity contribution in [3.63, 3.8) is 0 Å². The number of benzene rings is 2. The van der Waals surface area contributed by atoms with Crippen LogP contribution in [0.2, 0.25) is 0 Å². The molecule has 1 heterocycles. The summed E-state index contributed by atoms with van der Waals surface area (Å²) in [6.07, 6.45) is 0. The van der Waals surface area contributed by atoms with Crippen LogP contribution in [0.15, 0.2) is 59.4 Å². The summed E-state index contributed by atoms with van der Waals surface area (Å²) in [5.74, 6) is -0.354. The molecule has 2 aromatic carbocycles. The molecule has 110 valence electrons. The Hall–Kier alpha value is -3.08. The van der Waals surface area contributed by atoms with Crippen LogP contribution >= 0.6 is 0 Å². The van der Waals surface area contributed by atoms with E-state index in [-0.39, 0.29) is 16.8 Å². The predicted molar refractivity (Wildman–Crippen MR) is 88.0 cm³/mol. The molecule has 5 nitrogen and oxygen atoms in total. The van der Waals surface area contributed by atoms with Gasteiger partial charge in [0.1, 0.15) is 11.4 Å². The van der Waals surface area contributed by atoms with Gasteiger partial charge in [-0.15, -0.1) is 0 Å². The maximum Gasteiger partial charge on any atom is 0.263 e. The summed E-state index contributed by atoms with van der Waals surface area (Å²) in [7, 11) is 1.73. The molecule has 0 spiro atoms. The van der Waals surface area contributed by atoms with Crippen molar-refractivity contribution >= 4 is 28.3 Å². The SMILES string of the molecule is Cn1c(N)c(C(=O)Nc2ccccc2)c(=O)c2ccccc21. The first-order valence-electron chi connectivity index (χ1n) is 6.83. The van der Waals surface area contributed by atoms with Gasteiger partial charge in [-0.25, -0.2) is 0 Å². The highest BCUT2D eigenvalue weighted by molar-refractivity contribution is 6.09. The molecule has 0 saturated heterocycles. The minimum absolute atomic E-state index is 0.0370. The minimum atomic E-state index is -0.505. The molecule has 3 rings (SSSR count). The number of carbonyl (C=O) groups is 1. The average Bonchev–Trinajstić information content (AvgIpc) is 2.54. The highest BCUT2D eigenvalue weighted by Gasteiger charge is 2.19. The van der Waals surface area contributed by atoms with Crippen molar-refractivity contribution < 1.29 is 4.79 Å². The van der Waals surface area contributed by atoms with E-state index < -0.39 is 5.91 Å². The summed E-state index contributed by atoms with van der Waals surface area (Å²) in [4.78, 5) is 25.0. The number of nitrogens with two attached hydrogens (primary N) is 1. The van der Waals surface area contributed by atoms with E-state index in [2.05, 4.69) is 5.32 Å². The number of aromatic nitrogens is 1. The summed E-state index contributed by atoms with van der Waals surface area (Å²) < 4.78 is 1.65. The molecule has 0 unspecified atom stereocenters. The van der Waals surface area contributed by atoms with Crippen LogP contribution in [0.4, 0.5) is 11.5 Å². The van der Waals surface area contributed by atoms with Crippen LogP contribution < -0.4 is 16.5 Å². The van der Waals surface area contributed by atoms with Crippen molar-refractivity contribution in [2.45, 2.75) is 0 Å². The number of carbonyl (C=O) groups excluding carboxylic acids is 1. The Labute approximate surface area is 127 Å². The number of fused-ring (bicyclic) bond motifs is 1. The van der Waals surface area contributed by atoms with Gasteiger partial charge >= 0.3 is 0 Å². The molecule has 0 fully saturated rings. The molecular weight excluding hydrogens is 278 g/mol. The van der Waals surface area contributed by atoms with Crippen molar-refractivity contribution in [1.82, 2.24) is 4.57 Å². The highest BCUT2D eigenvalue weighted by Crippen LogP contribution is 2.18. The second-order valence-corrected chi connectivity index (χ2v) is 4.99. The Morgan fingerprint density at radius 3 is 2.41 bits per heavy atom. The van der Waals surface area contributed by atoms with Gasteiger partial charge in [0.25, 0.3) is 5.91 Å². The number of nitrogen functional groups attached to an aromatic ring is 1.